The maximum atomic E-state index is 12.4. The minimum Gasteiger partial charge on any atom is -0.306 e. The summed E-state index contributed by atoms with van der Waals surface area (Å²) in [5.74, 6) is 0.829. The molecular formula is C12H23FN2. The summed E-state index contributed by atoms with van der Waals surface area (Å²) in [6, 6.07) is 0.689. The molecule has 88 valence electrons. The highest BCUT2D eigenvalue weighted by atomic mass is 19.1. The second-order valence-corrected chi connectivity index (χ2v) is 5.08. The van der Waals surface area contributed by atoms with Crippen molar-refractivity contribution in [2.45, 2.75) is 31.7 Å². The molecule has 2 fully saturated rings. The summed E-state index contributed by atoms with van der Waals surface area (Å²) >= 11 is 0. The standard InChI is InChI=1S/C12H23FN2/c1-14-8-4-11(5-9-14)12-3-2-7-15(12)10-6-13/h11-12H,2-10H2,1H3. The van der Waals surface area contributed by atoms with Crippen molar-refractivity contribution < 1.29 is 4.39 Å². The Bertz CT molecular complexity index is 190. The summed E-state index contributed by atoms with van der Waals surface area (Å²) in [6.07, 6.45) is 5.19. The lowest BCUT2D eigenvalue weighted by molar-refractivity contribution is 0.120. The number of alkyl halides is 1. The molecular weight excluding hydrogens is 191 g/mol. The summed E-state index contributed by atoms with van der Waals surface area (Å²) in [6.45, 7) is 4.07. The van der Waals surface area contributed by atoms with Gasteiger partial charge >= 0.3 is 0 Å². The third-order valence-corrected chi connectivity index (χ3v) is 4.09. The number of halogens is 1. The quantitative estimate of drug-likeness (QED) is 0.706. The lowest BCUT2D eigenvalue weighted by atomic mass is 9.88. The molecule has 2 nitrogen and oxygen atoms in total. The number of hydrogen-bond acceptors (Lipinski definition) is 2. The molecule has 1 unspecified atom stereocenters. The average molecular weight is 214 g/mol. The fraction of sp³-hybridized carbons (Fsp3) is 1.00. The fourth-order valence-corrected chi connectivity index (χ4v) is 3.19. The lowest BCUT2D eigenvalue weighted by Crippen LogP contribution is -2.42. The van der Waals surface area contributed by atoms with E-state index in [0.717, 1.165) is 12.5 Å². The third kappa shape index (κ3) is 2.70. The third-order valence-electron chi connectivity index (χ3n) is 4.09. The van der Waals surface area contributed by atoms with Gasteiger partial charge in [-0.2, -0.15) is 0 Å². The fourth-order valence-electron chi connectivity index (χ4n) is 3.19. The second-order valence-electron chi connectivity index (χ2n) is 5.08. The zero-order valence-electron chi connectivity index (χ0n) is 9.79. The summed E-state index contributed by atoms with van der Waals surface area (Å²) in [5.41, 5.74) is 0. The van der Waals surface area contributed by atoms with E-state index in [0.29, 0.717) is 12.6 Å². The first-order valence-corrected chi connectivity index (χ1v) is 6.30. The summed E-state index contributed by atoms with van der Waals surface area (Å²) < 4.78 is 12.4. The van der Waals surface area contributed by atoms with Crippen LogP contribution in [0.4, 0.5) is 4.39 Å². The van der Waals surface area contributed by atoms with Crippen LogP contribution in [0.3, 0.4) is 0 Å². The van der Waals surface area contributed by atoms with E-state index in [-0.39, 0.29) is 6.67 Å². The highest BCUT2D eigenvalue weighted by Gasteiger charge is 2.32. The minimum atomic E-state index is -0.177. The van der Waals surface area contributed by atoms with Gasteiger partial charge in [0.25, 0.3) is 0 Å². The summed E-state index contributed by atoms with van der Waals surface area (Å²) in [7, 11) is 2.20. The van der Waals surface area contributed by atoms with Gasteiger partial charge in [-0.1, -0.05) is 0 Å². The molecule has 0 spiro atoms. The van der Waals surface area contributed by atoms with Crippen LogP contribution in [0, 0.1) is 5.92 Å². The van der Waals surface area contributed by atoms with Gasteiger partial charge in [-0.05, 0) is 58.3 Å². The Labute approximate surface area is 92.4 Å². The van der Waals surface area contributed by atoms with E-state index in [2.05, 4.69) is 16.8 Å². The number of piperidine rings is 1. The van der Waals surface area contributed by atoms with Crippen molar-refractivity contribution in [2.75, 3.05) is 39.9 Å². The smallest absolute Gasteiger partial charge is 0.102 e. The molecule has 2 saturated heterocycles. The van der Waals surface area contributed by atoms with Crippen molar-refractivity contribution in [2.24, 2.45) is 5.92 Å². The molecule has 0 aliphatic carbocycles. The second kappa shape index (κ2) is 5.26. The Morgan fingerprint density at radius 1 is 1.13 bits per heavy atom. The van der Waals surface area contributed by atoms with E-state index in [9.17, 15) is 4.39 Å². The maximum Gasteiger partial charge on any atom is 0.102 e. The Kier molecular flexibility index (Phi) is 3.98. The maximum absolute atomic E-state index is 12.4. The zero-order chi connectivity index (χ0) is 10.7. The van der Waals surface area contributed by atoms with Gasteiger partial charge in [0.2, 0.25) is 0 Å². The molecule has 0 aromatic carbocycles. The highest BCUT2D eigenvalue weighted by molar-refractivity contribution is 4.87. The molecule has 2 rings (SSSR count). The predicted octanol–water partition coefficient (Wildman–Crippen LogP) is 1.76. The van der Waals surface area contributed by atoms with Crippen LogP contribution in [0.1, 0.15) is 25.7 Å². The van der Waals surface area contributed by atoms with Crippen LogP contribution in [0.5, 0.6) is 0 Å². The van der Waals surface area contributed by atoms with Gasteiger partial charge in [-0.15, -0.1) is 0 Å². The van der Waals surface area contributed by atoms with Crippen LogP contribution in [-0.4, -0.2) is 55.7 Å². The zero-order valence-corrected chi connectivity index (χ0v) is 9.79. The van der Waals surface area contributed by atoms with E-state index in [1.807, 2.05) is 0 Å². The first-order valence-electron chi connectivity index (χ1n) is 6.30. The van der Waals surface area contributed by atoms with Gasteiger partial charge in [0, 0.05) is 12.6 Å². The van der Waals surface area contributed by atoms with Crippen molar-refractivity contribution in [3.63, 3.8) is 0 Å². The normalized spacial score (nSPS) is 31.2. The topological polar surface area (TPSA) is 6.48 Å². The van der Waals surface area contributed by atoms with Crippen LogP contribution >= 0.6 is 0 Å². The largest absolute Gasteiger partial charge is 0.306 e. The molecule has 0 bridgehead atoms. The highest BCUT2D eigenvalue weighted by Crippen LogP contribution is 2.30. The van der Waals surface area contributed by atoms with Gasteiger partial charge in [-0.25, -0.2) is 4.39 Å². The first-order chi connectivity index (χ1) is 7.31. The van der Waals surface area contributed by atoms with Gasteiger partial charge in [-0.3, -0.25) is 4.90 Å². The number of rotatable bonds is 3. The van der Waals surface area contributed by atoms with Crippen LogP contribution in [0.25, 0.3) is 0 Å². The van der Waals surface area contributed by atoms with Gasteiger partial charge in [0.05, 0.1) is 0 Å². The Hall–Kier alpha value is -0.150. The average Bonchev–Trinajstić information content (AvgIpc) is 2.68. The van der Waals surface area contributed by atoms with Crippen molar-refractivity contribution in [3.05, 3.63) is 0 Å². The SMILES string of the molecule is CN1CCC(C2CCCN2CCF)CC1. The lowest BCUT2D eigenvalue weighted by Gasteiger charge is -2.36. The van der Waals surface area contributed by atoms with Gasteiger partial charge in [0.15, 0.2) is 0 Å². The van der Waals surface area contributed by atoms with E-state index in [1.54, 1.807) is 0 Å². The predicted molar refractivity (Wildman–Crippen MR) is 60.8 cm³/mol. The molecule has 0 N–H and O–H groups in total. The molecule has 2 aliphatic heterocycles. The van der Waals surface area contributed by atoms with Crippen LogP contribution in [0.15, 0.2) is 0 Å². The molecule has 0 radical (unpaired) electrons. The Balaban J connectivity index is 1.86. The van der Waals surface area contributed by atoms with Crippen LogP contribution in [0.2, 0.25) is 0 Å². The minimum absolute atomic E-state index is 0.177. The number of hydrogen-bond donors (Lipinski definition) is 0. The van der Waals surface area contributed by atoms with Crippen molar-refractivity contribution in [1.29, 1.82) is 0 Å². The Morgan fingerprint density at radius 2 is 1.87 bits per heavy atom. The number of likely N-dealkylation sites (tertiary alicyclic amines) is 2. The molecule has 0 amide bonds. The molecule has 2 heterocycles. The van der Waals surface area contributed by atoms with Gasteiger partial charge < -0.3 is 4.90 Å². The molecule has 1 atom stereocenters. The van der Waals surface area contributed by atoms with E-state index in [4.69, 9.17) is 0 Å². The monoisotopic (exact) mass is 214 g/mol. The molecule has 3 heteroatoms. The summed E-state index contributed by atoms with van der Waals surface area (Å²) in [4.78, 5) is 4.79. The molecule has 0 aromatic rings. The van der Waals surface area contributed by atoms with E-state index >= 15 is 0 Å². The van der Waals surface area contributed by atoms with Gasteiger partial charge in [0.1, 0.15) is 6.67 Å². The Morgan fingerprint density at radius 3 is 2.53 bits per heavy atom. The van der Waals surface area contributed by atoms with Crippen molar-refractivity contribution >= 4 is 0 Å². The first kappa shape index (κ1) is 11.3. The van der Waals surface area contributed by atoms with Crippen LogP contribution < -0.4 is 0 Å². The van der Waals surface area contributed by atoms with Crippen LogP contribution in [-0.2, 0) is 0 Å². The van der Waals surface area contributed by atoms with E-state index < -0.39 is 0 Å². The molecule has 0 aromatic heterocycles. The van der Waals surface area contributed by atoms with Crippen molar-refractivity contribution in [1.82, 2.24) is 9.80 Å². The number of nitrogens with zero attached hydrogens (tertiary/aromatic N) is 2. The summed E-state index contributed by atoms with van der Waals surface area (Å²) in [5, 5.41) is 0. The molecule has 0 saturated carbocycles. The van der Waals surface area contributed by atoms with E-state index in [1.165, 1.54) is 38.8 Å². The van der Waals surface area contributed by atoms with Crippen molar-refractivity contribution in [3.8, 4) is 0 Å². The molecule has 15 heavy (non-hydrogen) atoms. The molecule has 2 aliphatic rings.